The third kappa shape index (κ3) is 3.94. The molecule has 1 N–H and O–H groups in total. The van der Waals surface area contributed by atoms with E-state index in [-0.39, 0.29) is 18.0 Å². The lowest BCUT2D eigenvalue weighted by Gasteiger charge is -2.22. The van der Waals surface area contributed by atoms with Crippen LogP contribution in [0.5, 0.6) is 5.75 Å². The maximum atomic E-state index is 12.7. The Bertz CT molecular complexity index is 528. The molecule has 0 saturated heterocycles. The molecule has 0 unspecified atom stereocenters. The van der Waals surface area contributed by atoms with Gasteiger partial charge in [-0.15, -0.1) is 0 Å². The Kier molecular flexibility index (Phi) is 6.45. The van der Waals surface area contributed by atoms with E-state index in [1.54, 1.807) is 18.2 Å². The van der Waals surface area contributed by atoms with Crippen molar-refractivity contribution in [3.05, 3.63) is 23.8 Å². The Morgan fingerprint density at radius 2 is 2.00 bits per heavy atom. The van der Waals surface area contributed by atoms with Crippen LogP contribution >= 0.6 is 0 Å². The van der Waals surface area contributed by atoms with Crippen LogP contribution in [0.15, 0.2) is 23.1 Å². The van der Waals surface area contributed by atoms with Gasteiger partial charge in [-0.2, -0.15) is 4.31 Å². The van der Waals surface area contributed by atoms with Crippen LogP contribution in [0.4, 0.5) is 0 Å². The molecule has 0 aliphatic rings. The number of ether oxygens (including phenoxy) is 1. The maximum Gasteiger partial charge on any atom is 0.246 e. The SMILES string of the molecule is CCCCN(CCO)S(=O)(=O)c1cc(C)ccc1OC. The minimum atomic E-state index is -3.65. The number of rotatable bonds is 8. The normalized spacial score (nSPS) is 11.8. The molecule has 6 heteroatoms. The quantitative estimate of drug-likeness (QED) is 0.795. The molecular weight excluding hydrogens is 278 g/mol. The fraction of sp³-hybridized carbons (Fsp3) is 0.571. The highest BCUT2D eigenvalue weighted by atomic mass is 32.2. The molecule has 0 aliphatic carbocycles. The van der Waals surface area contributed by atoms with E-state index in [1.165, 1.54) is 11.4 Å². The van der Waals surface area contributed by atoms with Gasteiger partial charge >= 0.3 is 0 Å². The first-order valence-corrected chi connectivity index (χ1v) is 8.17. The van der Waals surface area contributed by atoms with Crippen molar-refractivity contribution in [2.45, 2.75) is 31.6 Å². The summed E-state index contributed by atoms with van der Waals surface area (Å²) in [6.45, 7) is 4.13. The van der Waals surface area contributed by atoms with E-state index in [1.807, 2.05) is 13.8 Å². The molecule has 0 atom stereocenters. The third-order valence-corrected chi connectivity index (χ3v) is 4.97. The lowest BCUT2D eigenvalue weighted by molar-refractivity contribution is 0.252. The average Bonchev–Trinajstić information content (AvgIpc) is 2.43. The van der Waals surface area contributed by atoms with Crippen molar-refractivity contribution in [1.29, 1.82) is 0 Å². The number of aliphatic hydroxyl groups excluding tert-OH is 1. The summed E-state index contributed by atoms with van der Waals surface area (Å²) in [4.78, 5) is 0.157. The second-order valence-electron chi connectivity index (χ2n) is 4.64. The van der Waals surface area contributed by atoms with Crippen LogP contribution < -0.4 is 4.74 Å². The molecule has 114 valence electrons. The van der Waals surface area contributed by atoms with Gasteiger partial charge in [-0.05, 0) is 31.0 Å². The molecule has 0 bridgehead atoms. The van der Waals surface area contributed by atoms with Crippen molar-refractivity contribution in [3.8, 4) is 5.75 Å². The van der Waals surface area contributed by atoms with Crippen molar-refractivity contribution in [3.63, 3.8) is 0 Å². The third-order valence-electron chi connectivity index (χ3n) is 3.05. The molecule has 20 heavy (non-hydrogen) atoms. The number of hydrogen-bond donors (Lipinski definition) is 1. The van der Waals surface area contributed by atoms with Crippen molar-refractivity contribution < 1.29 is 18.3 Å². The zero-order valence-corrected chi connectivity index (χ0v) is 13.1. The fourth-order valence-corrected chi connectivity index (χ4v) is 3.63. The first kappa shape index (κ1) is 16.9. The number of methoxy groups -OCH3 is 1. The second-order valence-corrected chi connectivity index (χ2v) is 6.54. The van der Waals surface area contributed by atoms with Crippen molar-refractivity contribution >= 4 is 10.0 Å². The van der Waals surface area contributed by atoms with Gasteiger partial charge in [-0.25, -0.2) is 8.42 Å². The van der Waals surface area contributed by atoms with Crippen LogP contribution in [-0.2, 0) is 10.0 Å². The molecule has 1 rings (SSSR count). The summed E-state index contributed by atoms with van der Waals surface area (Å²) in [5, 5.41) is 9.09. The number of sulfonamides is 1. The van der Waals surface area contributed by atoms with E-state index in [0.717, 1.165) is 18.4 Å². The van der Waals surface area contributed by atoms with Gasteiger partial charge in [0.2, 0.25) is 10.0 Å². The van der Waals surface area contributed by atoms with Gasteiger partial charge in [0, 0.05) is 13.1 Å². The molecule has 0 aromatic heterocycles. The predicted octanol–water partition coefficient (Wildman–Crippen LogP) is 1.79. The van der Waals surface area contributed by atoms with E-state index in [9.17, 15) is 8.42 Å². The molecule has 0 saturated carbocycles. The Balaban J connectivity index is 3.21. The minimum absolute atomic E-state index is 0.0967. The van der Waals surface area contributed by atoms with Gasteiger partial charge in [-0.3, -0.25) is 0 Å². The number of aryl methyl sites for hydroxylation is 1. The fourth-order valence-electron chi connectivity index (χ4n) is 1.92. The van der Waals surface area contributed by atoms with E-state index < -0.39 is 10.0 Å². The highest BCUT2D eigenvalue weighted by Crippen LogP contribution is 2.27. The van der Waals surface area contributed by atoms with E-state index in [0.29, 0.717) is 12.3 Å². The Hall–Kier alpha value is -1.11. The topological polar surface area (TPSA) is 66.8 Å². The molecule has 0 radical (unpaired) electrons. The van der Waals surface area contributed by atoms with Crippen molar-refractivity contribution in [2.24, 2.45) is 0 Å². The van der Waals surface area contributed by atoms with Crippen LogP contribution in [0.2, 0.25) is 0 Å². The molecule has 0 heterocycles. The summed E-state index contributed by atoms with van der Waals surface area (Å²) in [5.41, 5.74) is 0.851. The summed E-state index contributed by atoms with van der Waals surface area (Å²) in [5.74, 6) is 0.329. The summed E-state index contributed by atoms with van der Waals surface area (Å²) in [6, 6.07) is 5.06. The number of hydrogen-bond acceptors (Lipinski definition) is 4. The molecule has 5 nitrogen and oxygen atoms in total. The Morgan fingerprint density at radius 3 is 2.55 bits per heavy atom. The largest absolute Gasteiger partial charge is 0.495 e. The predicted molar refractivity (Wildman–Crippen MR) is 78.5 cm³/mol. The highest BCUT2D eigenvalue weighted by molar-refractivity contribution is 7.89. The molecule has 0 amide bonds. The van der Waals surface area contributed by atoms with Gasteiger partial charge < -0.3 is 9.84 Å². The number of benzene rings is 1. The standard InChI is InChI=1S/C14H23NO4S/c1-4-5-8-15(9-10-16)20(17,18)14-11-12(2)6-7-13(14)19-3/h6-7,11,16H,4-5,8-10H2,1-3H3. The molecule has 0 spiro atoms. The van der Waals surface area contributed by atoms with Gasteiger partial charge in [0.05, 0.1) is 13.7 Å². The molecule has 1 aromatic rings. The van der Waals surface area contributed by atoms with Crippen LogP contribution in [0.25, 0.3) is 0 Å². The first-order valence-electron chi connectivity index (χ1n) is 6.73. The van der Waals surface area contributed by atoms with Crippen LogP contribution in [0.1, 0.15) is 25.3 Å². The van der Waals surface area contributed by atoms with Crippen molar-refractivity contribution in [1.82, 2.24) is 4.31 Å². The van der Waals surface area contributed by atoms with Gasteiger partial charge in [-0.1, -0.05) is 19.4 Å². The monoisotopic (exact) mass is 301 g/mol. The Labute approximate surface area is 121 Å². The number of unbranched alkanes of at least 4 members (excludes halogenated alkanes) is 1. The smallest absolute Gasteiger partial charge is 0.246 e. The molecule has 1 aromatic carbocycles. The molecule has 0 fully saturated rings. The highest BCUT2D eigenvalue weighted by Gasteiger charge is 2.27. The van der Waals surface area contributed by atoms with Crippen LogP contribution in [0.3, 0.4) is 0 Å². The van der Waals surface area contributed by atoms with Crippen LogP contribution in [0, 0.1) is 6.92 Å². The second kappa shape index (κ2) is 7.61. The zero-order valence-electron chi connectivity index (χ0n) is 12.3. The average molecular weight is 301 g/mol. The van der Waals surface area contributed by atoms with E-state index in [4.69, 9.17) is 9.84 Å². The number of aliphatic hydroxyl groups is 1. The minimum Gasteiger partial charge on any atom is -0.495 e. The lowest BCUT2D eigenvalue weighted by Crippen LogP contribution is -2.34. The number of nitrogens with zero attached hydrogens (tertiary/aromatic N) is 1. The zero-order chi connectivity index (χ0) is 15.2. The lowest BCUT2D eigenvalue weighted by atomic mass is 10.2. The van der Waals surface area contributed by atoms with Gasteiger partial charge in [0.1, 0.15) is 10.6 Å². The Morgan fingerprint density at radius 1 is 1.30 bits per heavy atom. The maximum absolute atomic E-state index is 12.7. The van der Waals surface area contributed by atoms with E-state index >= 15 is 0 Å². The van der Waals surface area contributed by atoms with Crippen LogP contribution in [-0.4, -0.2) is 44.6 Å². The molecular formula is C14H23NO4S. The summed E-state index contributed by atoms with van der Waals surface area (Å²) in [7, 11) is -2.20. The summed E-state index contributed by atoms with van der Waals surface area (Å²) in [6.07, 6.45) is 1.65. The van der Waals surface area contributed by atoms with E-state index in [2.05, 4.69) is 0 Å². The first-order chi connectivity index (χ1) is 9.47. The van der Waals surface area contributed by atoms with Gasteiger partial charge in [0.15, 0.2) is 0 Å². The van der Waals surface area contributed by atoms with Crippen molar-refractivity contribution in [2.75, 3.05) is 26.8 Å². The van der Waals surface area contributed by atoms with Gasteiger partial charge in [0.25, 0.3) is 0 Å². The summed E-state index contributed by atoms with van der Waals surface area (Å²) >= 11 is 0. The molecule has 0 aliphatic heterocycles. The summed E-state index contributed by atoms with van der Waals surface area (Å²) < 4.78 is 31.9.